The minimum absolute atomic E-state index is 0.229. The number of carbonyl (C=O) groups is 1. The van der Waals surface area contributed by atoms with Crippen LogP contribution >= 0.6 is 0 Å². The largest absolute Gasteiger partial charge is 0.362 e. The van der Waals surface area contributed by atoms with E-state index in [4.69, 9.17) is 0 Å². The summed E-state index contributed by atoms with van der Waals surface area (Å²) in [7, 11) is 0. The predicted molar refractivity (Wildman–Crippen MR) is 80.8 cm³/mol. The second-order valence-electron chi connectivity index (χ2n) is 5.69. The molecule has 0 fully saturated rings. The molecule has 0 radical (unpaired) electrons. The van der Waals surface area contributed by atoms with Gasteiger partial charge in [-0.25, -0.2) is 0 Å². The first kappa shape index (κ1) is 16.0. The van der Waals surface area contributed by atoms with Crippen LogP contribution in [0.25, 0.3) is 0 Å². The smallest absolute Gasteiger partial charge is 0.178 e. The van der Waals surface area contributed by atoms with E-state index in [1.165, 1.54) is 19.3 Å². The molecule has 0 spiro atoms. The standard InChI is InChI=1S/C16H28N2O/c1-6-7-8-9-18(12(2)3)11-16(19)15-10-13(4)17-14(15)5/h10,12,17H,6-9,11H2,1-5H3. The molecule has 3 nitrogen and oxygen atoms in total. The number of ketones is 1. The Kier molecular flexibility index (Phi) is 6.29. The van der Waals surface area contributed by atoms with Crippen molar-refractivity contribution in [3.8, 4) is 0 Å². The first-order chi connectivity index (χ1) is 8.95. The number of carbonyl (C=O) groups excluding carboxylic acids is 1. The molecular formula is C16H28N2O. The van der Waals surface area contributed by atoms with Crippen molar-refractivity contribution >= 4 is 5.78 Å². The fourth-order valence-corrected chi connectivity index (χ4v) is 2.37. The quantitative estimate of drug-likeness (QED) is 0.574. The Labute approximate surface area is 117 Å². The number of nitrogens with zero attached hydrogens (tertiary/aromatic N) is 1. The number of H-pyrrole nitrogens is 1. The fraction of sp³-hybridized carbons (Fsp3) is 0.688. The van der Waals surface area contributed by atoms with Gasteiger partial charge in [0.2, 0.25) is 0 Å². The van der Waals surface area contributed by atoms with Crippen LogP contribution in [0.4, 0.5) is 0 Å². The zero-order valence-electron chi connectivity index (χ0n) is 13.0. The van der Waals surface area contributed by atoms with Crippen LogP contribution in [0.2, 0.25) is 0 Å². The van der Waals surface area contributed by atoms with Gasteiger partial charge >= 0.3 is 0 Å². The van der Waals surface area contributed by atoms with E-state index in [9.17, 15) is 4.79 Å². The molecule has 0 amide bonds. The number of unbranched alkanes of at least 4 members (excludes halogenated alkanes) is 2. The number of aromatic nitrogens is 1. The van der Waals surface area contributed by atoms with Crippen LogP contribution in [0.3, 0.4) is 0 Å². The second kappa shape index (κ2) is 7.49. The topological polar surface area (TPSA) is 36.1 Å². The summed E-state index contributed by atoms with van der Waals surface area (Å²) in [6.07, 6.45) is 3.63. The van der Waals surface area contributed by atoms with Crippen LogP contribution in [0.1, 0.15) is 61.8 Å². The van der Waals surface area contributed by atoms with Crippen LogP contribution in [-0.4, -0.2) is 34.8 Å². The summed E-state index contributed by atoms with van der Waals surface area (Å²) >= 11 is 0. The van der Waals surface area contributed by atoms with Crippen LogP contribution in [0.5, 0.6) is 0 Å². The molecule has 0 saturated carbocycles. The van der Waals surface area contributed by atoms with Gasteiger partial charge in [0.25, 0.3) is 0 Å². The highest BCUT2D eigenvalue weighted by atomic mass is 16.1. The zero-order valence-corrected chi connectivity index (χ0v) is 13.0. The summed E-state index contributed by atoms with van der Waals surface area (Å²) < 4.78 is 0. The van der Waals surface area contributed by atoms with Gasteiger partial charge in [-0.15, -0.1) is 0 Å². The molecule has 1 aromatic rings. The highest BCUT2D eigenvalue weighted by molar-refractivity contribution is 5.98. The molecule has 1 rings (SSSR count). The van der Waals surface area contributed by atoms with Gasteiger partial charge in [0.05, 0.1) is 6.54 Å². The highest BCUT2D eigenvalue weighted by Gasteiger charge is 2.17. The van der Waals surface area contributed by atoms with E-state index in [1.807, 2.05) is 19.9 Å². The summed E-state index contributed by atoms with van der Waals surface area (Å²) in [5.41, 5.74) is 2.89. The lowest BCUT2D eigenvalue weighted by Gasteiger charge is -2.25. The Hall–Kier alpha value is -1.09. The van der Waals surface area contributed by atoms with Crippen molar-refractivity contribution < 1.29 is 4.79 Å². The van der Waals surface area contributed by atoms with Crippen molar-refractivity contribution in [2.45, 2.75) is 59.9 Å². The number of Topliss-reactive ketones (excluding diaryl/α,β-unsaturated/α-hetero) is 1. The van der Waals surface area contributed by atoms with Crippen LogP contribution < -0.4 is 0 Å². The third kappa shape index (κ3) is 4.83. The Bertz CT molecular complexity index is 407. The first-order valence-corrected chi connectivity index (χ1v) is 7.39. The Morgan fingerprint density at radius 3 is 2.47 bits per heavy atom. The minimum atomic E-state index is 0.229. The van der Waals surface area contributed by atoms with Gasteiger partial charge < -0.3 is 4.98 Å². The van der Waals surface area contributed by atoms with E-state index in [2.05, 4.69) is 30.7 Å². The lowest BCUT2D eigenvalue weighted by Crippen LogP contribution is -2.36. The minimum Gasteiger partial charge on any atom is -0.362 e. The lowest BCUT2D eigenvalue weighted by atomic mass is 10.1. The third-order valence-electron chi connectivity index (χ3n) is 3.58. The van der Waals surface area contributed by atoms with E-state index in [0.717, 1.165) is 23.5 Å². The molecule has 0 aliphatic heterocycles. The van der Waals surface area contributed by atoms with Gasteiger partial charge in [-0.05, 0) is 46.7 Å². The number of hydrogen-bond donors (Lipinski definition) is 1. The van der Waals surface area contributed by atoms with E-state index in [0.29, 0.717) is 12.6 Å². The molecule has 0 bridgehead atoms. The van der Waals surface area contributed by atoms with Crippen molar-refractivity contribution in [1.29, 1.82) is 0 Å². The molecule has 1 N–H and O–H groups in total. The SMILES string of the molecule is CCCCCN(CC(=O)c1cc(C)[nH]c1C)C(C)C. The third-order valence-corrected chi connectivity index (χ3v) is 3.58. The van der Waals surface area contributed by atoms with Gasteiger partial charge in [-0.3, -0.25) is 9.69 Å². The molecule has 0 saturated heterocycles. The molecule has 0 aliphatic carbocycles. The molecule has 0 unspecified atom stereocenters. The molecule has 19 heavy (non-hydrogen) atoms. The lowest BCUT2D eigenvalue weighted by molar-refractivity contribution is 0.0903. The van der Waals surface area contributed by atoms with Gasteiger partial charge in [-0.2, -0.15) is 0 Å². The summed E-state index contributed by atoms with van der Waals surface area (Å²) in [5, 5.41) is 0. The molecule has 0 aromatic carbocycles. The normalized spacial score (nSPS) is 11.5. The molecule has 1 aromatic heterocycles. The van der Waals surface area contributed by atoms with E-state index < -0.39 is 0 Å². The monoisotopic (exact) mass is 264 g/mol. The van der Waals surface area contributed by atoms with Gasteiger partial charge in [0.15, 0.2) is 5.78 Å². The molecule has 0 atom stereocenters. The number of hydrogen-bond acceptors (Lipinski definition) is 2. The number of aryl methyl sites for hydroxylation is 2. The average Bonchev–Trinajstić information content (AvgIpc) is 2.67. The predicted octanol–water partition coefficient (Wildman–Crippen LogP) is 3.71. The maximum atomic E-state index is 12.4. The van der Waals surface area contributed by atoms with Crippen LogP contribution in [0.15, 0.2) is 6.07 Å². The molecule has 3 heteroatoms. The molecule has 0 aliphatic rings. The average molecular weight is 264 g/mol. The van der Waals surface area contributed by atoms with Gasteiger partial charge in [-0.1, -0.05) is 19.8 Å². The van der Waals surface area contributed by atoms with Crippen LogP contribution in [0, 0.1) is 13.8 Å². The summed E-state index contributed by atoms with van der Waals surface area (Å²) in [6, 6.07) is 2.38. The maximum Gasteiger partial charge on any atom is 0.178 e. The molecule has 1 heterocycles. The van der Waals surface area contributed by atoms with Gasteiger partial charge in [0.1, 0.15) is 0 Å². The van der Waals surface area contributed by atoms with E-state index >= 15 is 0 Å². The summed E-state index contributed by atoms with van der Waals surface area (Å²) in [6.45, 7) is 12.0. The summed E-state index contributed by atoms with van der Waals surface area (Å²) in [5.74, 6) is 0.229. The zero-order chi connectivity index (χ0) is 14.4. The Morgan fingerprint density at radius 2 is 2.00 bits per heavy atom. The number of rotatable bonds is 8. The van der Waals surface area contributed by atoms with Crippen molar-refractivity contribution in [2.24, 2.45) is 0 Å². The second-order valence-corrected chi connectivity index (χ2v) is 5.69. The molecule has 108 valence electrons. The first-order valence-electron chi connectivity index (χ1n) is 7.39. The van der Waals surface area contributed by atoms with E-state index in [-0.39, 0.29) is 5.78 Å². The van der Waals surface area contributed by atoms with Crippen molar-refractivity contribution in [2.75, 3.05) is 13.1 Å². The van der Waals surface area contributed by atoms with Crippen LogP contribution in [-0.2, 0) is 0 Å². The fourth-order valence-electron chi connectivity index (χ4n) is 2.37. The van der Waals surface area contributed by atoms with Crippen molar-refractivity contribution in [3.05, 3.63) is 23.0 Å². The summed E-state index contributed by atoms with van der Waals surface area (Å²) in [4.78, 5) is 17.8. The highest BCUT2D eigenvalue weighted by Crippen LogP contribution is 2.12. The Morgan fingerprint density at radius 1 is 1.32 bits per heavy atom. The number of aromatic amines is 1. The molecular weight excluding hydrogens is 236 g/mol. The van der Waals surface area contributed by atoms with Crippen molar-refractivity contribution in [1.82, 2.24) is 9.88 Å². The maximum absolute atomic E-state index is 12.4. The number of nitrogens with one attached hydrogen (secondary N) is 1. The van der Waals surface area contributed by atoms with E-state index in [1.54, 1.807) is 0 Å². The van der Waals surface area contributed by atoms with Crippen molar-refractivity contribution in [3.63, 3.8) is 0 Å². The Balaban J connectivity index is 2.63. The van der Waals surface area contributed by atoms with Gasteiger partial charge in [0, 0.05) is 23.0 Å².